The second kappa shape index (κ2) is 7.30. The summed E-state index contributed by atoms with van der Waals surface area (Å²) in [4.78, 5) is 13.4. The molecule has 3 N–H and O–H groups in total. The van der Waals surface area contributed by atoms with Gasteiger partial charge in [0.15, 0.2) is 0 Å². The van der Waals surface area contributed by atoms with Gasteiger partial charge in [0, 0.05) is 19.1 Å². The molecule has 2 rings (SSSR count). The first kappa shape index (κ1) is 15.6. The summed E-state index contributed by atoms with van der Waals surface area (Å²) in [5.74, 6) is 2.75. The minimum Gasteiger partial charge on any atom is -0.352 e. The van der Waals surface area contributed by atoms with Crippen LogP contribution in [0.2, 0.25) is 0 Å². The average molecular weight is 281 g/mol. The number of amides is 2. The molecule has 2 fully saturated rings. The van der Waals surface area contributed by atoms with Crippen LogP contribution in [0.25, 0.3) is 0 Å². The molecule has 0 bridgehead atoms. The quantitative estimate of drug-likeness (QED) is 0.832. The molecule has 4 heteroatoms. The Balaban J connectivity index is 1.64. The van der Waals surface area contributed by atoms with E-state index in [1.165, 1.54) is 32.2 Å². The molecule has 0 radical (unpaired) electrons. The Hall–Kier alpha value is -0.770. The van der Waals surface area contributed by atoms with Gasteiger partial charge in [0.2, 0.25) is 0 Å². The van der Waals surface area contributed by atoms with E-state index in [0.29, 0.717) is 6.04 Å². The minimum atomic E-state index is -0.381. The summed E-state index contributed by atoms with van der Waals surface area (Å²) < 4.78 is 0. The highest BCUT2D eigenvalue weighted by Crippen LogP contribution is 2.34. The monoisotopic (exact) mass is 281 g/mol. The Morgan fingerprint density at radius 3 is 2.30 bits per heavy atom. The Bertz CT molecular complexity index is 303. The summed E-state index contributed by atoms with van der Waals surface area (Å²) in [5, 5.41) is 2.83. The lowest BCUT2D eigenvalue weighted by atomic mass is 9.75. The first-order chi connectivity index (χ1) is 9.52. The van der Waals surface area contributed by atoms with Crippen molar-refractivity contribution >= 4 is 6.03 Å². The van der Waals surface area contributed by atoms with E-state index in [-0.39, 0.29) is 6.03 Å². The third-order valence-electron chi connectivity index (χ3n) is 5.06. The Morgan fingerprint density at radius 1 is 1.15 bits per heavy atom. The fourth-order valence-corrected chi connectivity index (χ4v) is 4.22. The maximum atomic E-state index is 10.8. The van der Waals surface area contributed by atoms with Gasteiger partial charge < -0.3 is 16.0 Å². The van der Waals surface area contributed by atoms with Crippen molar-refractivity contribution in [3.05, 3.63) is 0 Å². The Labute approximate surface area is 123 Å². The summed E-state index contributed by atoms with van der Waals surface area (Å²) in [6.07, 6.45) is 7.69. The zero-order chi connectivity index (χ0) is 14.5. The smallest absolute Gasteiger partial charge is 0.312 e. The zero-order valence-corrected chi connectivity index (χ0v) is 13.1. The number of hydrogen-bond acceptors (Lipinski definition) is 2. The van der Waals surface area contributed by atoms with Gasteiger partial charge in [-0.15, -0.1) is 0 Å². The highest BCUT2D eigenvalue weighted by atomic mass is 16.2. The number of hydrogen-bond donors (Lipinski definition) is 2. The molecule has 0 aromatic carbocycles. The Kier molecular flexibility index (Phi) is 5.70. The molecule has 4 nitrogen and oxygen atoms in total. The highest BCUT2D eigenvalue weighted by Gasteiger charge is 2.25. The lowest BCUT2D eigenvalue weighted by molar-refractivity contribution is 0.157. The first-order valence-electron chi connectivity index (χ1n) is 8.31. The van der Waals surface area contributed by atoms with Crippen LogP contribution in [0.5, 0.6) is 0 Å². The second-order valence-electron chi connectivity index (χ2n) is 7.20. The average Bonchev–Trinajstić information content (AvgIpc) is 2.36. The SMILES string of the molecule is C[C@H]1CC(CCN2CCC(NC(N)=O)CC2)C[C@H](C)C1. The molecule has 1 saturated heterocycles. The van der Waals surface area contributed by atoms with Crippen molar-refractivity contribution in [1.29, 1.82) is 0 Å². The molecule has 1 saturated carbocycles. The first-order valence-corrected chi connectivity index (χ1v) is 8.31. The number of likely N-dealkylation sites (tertiary alicyclic amines) is 1. The van der Waals surface area contributed by atoms with E-state index in [4.69, 9.17) is 5.73 Å². The third kappa shape index (κ3) is 4.97. The number of nitrogens with zero attached hydrogens (tertiary/aromatic N) is 1. The summed E-state index contributed by atoms with van der Waals surface area (Å²) in [5.41, 5.74) is 5.18. The number of nitrogens with one attached hydrogen (secondary N) is 1. The van der Waals surface area contributed by atoms with Gasteiger partial charge >= 0.3 is 6.03 Å². The molecule has 2 atom stereocenters. The van der Waals surface area contributed by atoms with Gasteiger partial charge in [0.25, 0.3) is 0 Å². The lowest BCUT2D eigenvalue weighted by Gasteiger charge is -2.35. The number of nitrogens with two attached hydrogens (primary N) is 1. The molecular weight excluding hydrogens is 250 g/mol. The van der Waals surface area contributed by atoms with E-state index in [0.717, 1.165) is 43.7 Å². The number of carbonyl (C=O) groups excluding carboxylic acids is 1. The molecule has 0 aromatic heterocycles. The summed E-state index contributed by atoms with van der Waals surface area (Å²) >= 11 is 0. The van der Waals surface area contributed by atoms with Gasteiger partial charge in [0.1, 0.15) is 0 Å². The van der Waals surface area contributed by atoms with Crippen LogP contribution in [0.15, 0.2) is 0 Å². The second-order valence-corrected chi connectivity index (χ2v) is 7.20. The molecule has 0 unspecified atom stereocenters. The van der Waals surface area contributed by atoms with E-state index in [1.54, 1.807) is 0 Å². The molecule has 1 aliphatic heterocycles. The van der Waals surface area contributed by atoms with Crippen LogP contribution < -0.4 is 11.1 Å². The van der Waals surface area contributed by atoms with E-state index >= 15 is 0 Å². The fraction of sp³-hybridized carbons (Fsp3) is 0.938. The molecule has 0 aromatic rings. The van der Waals surface area contributed by atoms with Crippen molar-refractivity contribution in [3.8, 4) is 0 Å². The van der Waals surface area contributed by atoms with E-state index in [9.17, 15) is 4.79 Å². The van der Waals surface area contributed by atoms with E-state index in [2.05, 4.69) is 24.1 Å². The molecule has 1 aliphatic carbocycles. The third-order valence-corrected chi connectivity index (χ3v) is 5.06. The van der Waals surface area contributed by atoms with Crippen LogP contribution in [0.3, 0.4) is 0 Å². The van der Waals surface area contributed by atoms with Gasteiger partial charge in [-0.2, -0.15) is 0 Å². The maximum absolute atomic E-state index is 10.8. The Morgan fingerprint density at radius 2 is 1.75 bits per heavy atom. The number of rotatable bonds is 4. The standard InChI is InChI=1S/C16H31N3O/c1-12-9-13(2)11-14(10-12)3-6-19-7-4-15(5-8-19)18-16(17)20/h12-15H,3-11H2,1-2H3,(H3,17,18,20)/t12-,13-/m1/s1. The molecule has 20 heavy (non-hydrogen) atoms. The van der Waals surface area contributed by atoms with E-state index in [1.807, 2.05) is 0 Å². The molecular formula is C16H31N3O. The van der Waals surface area contributed by atoms with Crippen molar-refractivity contribution in [2.75, 3.05) is 19.6 Å². The van der Waals surface area contributed by atoms with Crippen LogP contribution in [0.1, 0.15) is 52.4 Å². The lowest BCUT2D eigenvalue weighted by Crippen LogP contribution is -2.46. The molecule has 116 valence electrons. The van der Waals surface area contributed by atoms with Crippen molar-refractivity contribution in [2.45, 2.75) is 58.4 Å². The number of urea groups is 1. The van der Waals surface area contributed by atoms with Crippen LogP contribution in [-0.2, 0) is 0 Å². The van der Waals surface area contributed by atoms with Crippen molar-refractivity contribution in [3.63, 3.8) is 0 Å². The maximum Gasteiger partial charge on any atom is 0.312 e. The zero-order valence-electron chi connectivity index (χ0n) is 13.1. The number of piperidine rings is 1. The van der Waals surface area contributed by atoms with Gasteiger partial charge in [-0.25, -0.2) is 4.79 Å². The van der Waals surface area contributed by atoms with E-state index < -0.39 is 0 Å². The molecule has 2 amide bonds. The van der Waals surface area contributed by atoms with Crippen LogP contribution in [0.4, 0.5) is 4.79 Å². The summed E-state index contributed by atoms with van der Waals surface area (Å²) in [6, 6.07) is -0.0906. The van der Waals surface area contributed by atoms with Gasteiger partial charge in [-0.1, -0.05) is 13.8 Å². The number of carbonyl (C=O) groups is 1. The van der Waals surface area contributed by atoms with Crippen LogP contribution in [0, 0.1) is 17.8 Å². The minimum absolute atomic E-state index is 0.290. The number of primary amides is 1. The topological polar surface area (TPSA) is 58.4 Å². The van der Waals surface area contributed by atoms with Crippen molar-refractivity contribution in [2.24, 2.45) is 23.5 Å². The molecule has 0 spiro atoms. The van der Waals surface area contributed by atoms with Crippen LogP contribution >= 0.6 is 0 Å². The van der Waals surface area contributed by atoms with Crippen LogP contribution in [-0.4, -0.2) is 36.6 Å². The van der Waals surface area contributed by atoms with Crippen molar-refractivity contribution in [1.82, 2.24) is 10.2 Å². The predicted molar refractivity (Wildman–Crippen MR) is 82.5 cm³/mol. The fourth-order valence-electron chi connectivity index (χ4n) is 4.22. The van der Waals surface area contributed by atoms with Crippen molar-refractivity contribution < 1.29 is 4.79 Å². The normalized spacial score (nSPS) is 33.0. The highest BCUT2D eigenvalue weighted by molar-refractivity contribution is 5.71. The van der Waals surface area contributed by atoms with Gasteiger partial charge in [0.05, 0.1) is 0 Å². The summed E-state index contributed by atoms with van der Waals surface area (Å²) in [7, 11) is 0. The summed E-state index contributed by atoms with van der Waals surface area (Å²) in [6.45, 7) is 8.24. The molecule has 2 aliphatic rings. The molecule has 1 heterocycles. The predicted octanol–water partition coefficient (Wildman–Crippen LogP) is 2.58. The van der Waals surface area contributed by atoms with Gasteiger partial charge in [-0.05, 0) is 62.8 Å². The largest absolute Gasteiger partial charge is 0.352 e. The van der Waals surface area contributed by atoms with Gasteiger partial charge in [-0.3, -0.25) is 0 Å².